The highest BCUT2D eigenvalue weighted by Crippen LogP contribution is 2.18. The maximum Gasteiger partial charge on any atom is 0.237 e. The molecule has 1 unspecified atom stereocenters. The molecule has 24 heavy (non-hydrogen) atoms. The quantitative estimate of drug-likeness (QED) is 0.783. The second kappa shape index (κ2) is 7.66. The number of hydrogen-bond acceptors (Lipinski definition) is 4. The summed E-state index contributed by atoms with van der Waals surface area (Å²) in [5.41, 5.74) is 3.67. The van der Waals surface area contributed by atoms with E-state index in [1.807, 2.05) is 18.9 Å². The minimum Gasteiger partial charge on any atom is -0.338 e. The molecule has 1 aromatic rings. The van der Waals surface area contributed by atoms with Gasteiger partial charge >= 0.3 is 0 Å². The van der Waals surface area contributed by atoms with Crippen molar-refractivity contribution in [1.29, 1.82) is 0 Å². The molecule has 0 radical (unpaired) electrons. The Bertz CT molecular complexity index is 700. The zero-order valence-corrected chi connectivity index (χ0v) is 15.9. The highest BCUT2D eigenvalue weighted by molar-refractivity contribution is 7.91. The first-order valence-electron chi connectivity index (χ1n) is 8.46. The molecule has 1 aliphatic heterocycles. The third-order valence-corrected chi connectivity index (χ3v) is 6.40. The Hall–Kier alpha value is -1.40. The van der Waals surface area contributed by atoms with Crippen LogP contribution in [0.25, 0.3) is 0 Å². The van der Waals surface area contributed by atoms with Crippen LogP contribution in [0.5, 0.6) is 0 Å². The molecule has 1 fully saturated rings. The number of aryl methyl sites for hydroxylation is 2. The molecule has 1 heterocycles. The number of rotatable bonds is 6. The molecule has 0 N–H and O–H groups in total. The maximum absolute atomic E-state index is 12.6. The molecule has 0 aromatic heterocycles. The van der Waals surface area contributed by atoms with Crippen LogP contribution in [0.1, 0.15) is 30.0 Å². The van der Waals surface area contributed by atoms with Crippen molar-refractivity contribution in [2.24, 2.45) is 0 Å². The molecule has 6 heteroatoms. The van der Waals surface area contributed by atoms with Gasteiger partial charge in [-0.05, 0) is 45.4 Å². The molecule has 1 aromatic carbocycles. The van der Waals surface area contributed by atoms with Gasteiger partial charge < -0.3 is 4.90 Å². The van der Waals surface area contributed by atoms with Crippen LogP contribution in [-0.4, -0.2) is 61.8 Å². The number of nitrogens with zero attached hydrogens (tertiary/aromatic N) is 2. The summed E-state index contributed by atoms with van der Waals surface area (Å²) >= 11 is 0. The van der Waals surface area contributed by atoms with Gasteiger partial charge in [0.25, 0.3) is 0 Å². The van der Waals surface area contributed by atoms with E-state index in [1.165, 1.54) is 16.7 Å². The Morgan fingerprint density at radius 2 is 2.00 bits per heavy atom. The Morgan fingerprint density at radius 1 is 1.29 bits per heavy atom. The molecule has 1 amide bonds. The van der Waals surface area contributed by atoms with Crippen molar-refractivity contribution in [3.8, 4) is 0 Å². The van der Waals surface area contributed by atoms with Gasteiger partial charge in [-0.3, -0.25) is 9.69 Å². The Morgan fingerprint density at radius 3 is 2.54 bits per heavy atom. The Kier molecular flexibility index (Phi) is 6.04. The molecular formula is C18H28N2O3S. The van der Waals surface area contributed by atoms with E-state index < -0.39 is 9.84 Å². The SMILES string of the molecule is CCN(C(=O)CN(C)Cc1ccc(C)cc1C)C1CCS(=O)(=O)C1. The van der Waals surface area contributed by atoms with Crippen molar-refractivity contribution in [1.82, 2.24) is 9.80 Å². The smallest absolute Gasteiger partial charge is 0.237 e. The molecule has 0 saturated carbocycles. The molecule has 1 aliphatic rings. The predicted molar refractivity (Wildman–Crippen MR) is 96.7 cm³/mol. The fourth-order valence-corrected chi connectivity index (χ4v) is 5.08. The van der Waals surface area contributed by atoms with Gasteiger partial charge in [0.1, 0.15) is 0 Å². The maximum atomic E-state index is 12.6. The van der Waals surface area contributed by atoms with E-state index in [1.54, 1.807) is 4.90 Å². The summed E-state index contributed by atoms with van der Waals surface area (Å²) in [5.74, 6) is 0.305. The number of carbonyl (C=O) groups excluding carboxylic acids is 1. The monoisotopic (exact) mass is 352 g/mol. The first kappa shape index (κ1) is 18.9. The van der Waals surface area contributed by atoms with Gasteiger partial charge in [0, 0.05) is 19.1 Å². The van der Waals surface area contributed by atoms with Crippen molar-refractivity contribution in [3.63, 3.8) is 0 Å². The molecule has 134 valence electrons. The van der Waals surface area contributed by atoms with Crippen molar-refractivity contribution in [2.45, 2.75) is 39.8 Å². The molecule has 0 spiro atoms. The summed E-state index contributed by atoms with van der Waals surface area (Å²) in [7, 11) is -1.05. The van der Waals surface area contributed by atoms with Crippen LogP contribution in [0.3, 0.4) is 0 Å². The zero-order valence-electron chi connectivity index (χ0n) is 15.1. The number of hydrogen-bond donors (Lipinski definition) is 0. The summed E-state index contributed by atoms with van der Waals surface area (Å²) in [6.45, 7) is 7.62. The summed E-state index contributed by atoms with van der Waals surface area (Å²) in [4.78, 5) is 16.3. The summed E-state index contributed by atoms with van der Waals surface area (Å²) < 4.78 is 23.3. The summed E-state index contributed by atoms with van der Waals surface area (Å²) in [6, 6.07) is 6.17. The summed E-state index contributed by atoms with van der Waals surface area (Å²) in [5, 5.41) is 0. The number of carbonyl (C=O) groups is 1. The van der Waals surface area contributed by atoms with Crippen molar-refractivity contribution in [2.75, 3.05) is 31.6 Å². The van der Waals surface area contributed by atoms with Crippen molar-refractivity contribution < 1.29 is 13.2 Å². The Balaban J connectivity index is 1.97. The van der Waals surface area contributed by atoms with Gasteiger partial charge in [0.05, 0.1) is 18.1 Å². The highest BCUT2D eigenvalue weighted by Gasteiger charge is 2.33. The third kappa shape index (κ3) is 4.80. The standard InChI is InChI=1S/C18H28N2O3S/c1-5-20(17-8-9-24(22,23)13-17)18(21)12-19(4)11-16-7-6-14(2)10-15(16)3/h6-7,10,17H,5,8-9,11-13H2,1-4H3. The first-order valence-corrected chi connectivity index (χ1v) is 10.3. The largest absolute Gasteiger partial charge is 0.338 e. The minimum atomic E-state index is -2.98. The normalized spacial score (nSPS) is 19.6. The first-order chi connectivity index (χ1) is 11.2. The Labute approximate surface area is 145 Å². The van der Waals surface area contributed by atoms with Crippen molar-refractivity contribution >= 4 is 15.7 Å². The lowest BCUT2D eigenvalue weighted by Crippen LogP contribution is -2.45. The van der Waals surface area contributed by atoms with Crippen LogP contribution >= 0.6 is 0 Å². The summed E-state index contributed by atoms with van der Waals surface area (Å²) in [6.07, 6.45) is 0.558. The van der Waals surface area contributed by atoms with E-state index in [2.05, 4.69) is 32.0 Å². The van der Waals surface area contributed by atoms with E-state index in [-0.39, 0.29) is 23.5 Å². The fraction of sp³-hybridized carbons (Fsp3) is 0.611. The van der Waals surface area contributed by atoms with Crippen molar-refractivity contribution in [3.05, 3.63) is 34.9 Å². The van der Waals surface area contributed by atoms with Gasteiger partial charge in [-0.2, -0.15) is 0 Å². The number of benzene rings is 1. The molecule has 0 aliphatic carbocycles. The average molecular weight is 353 g/mol. The molecule has 2 rings (SSSR count). The lowest BCUT2D eigenvalue weighted by Gasteiger charge is -2.29. The fourth-order valence-electron chi connectivity index (χ4n) is 3.35. The van der Waals surface area contributed by atoms with E-state index in [4.69, 9.17) is 0 Å². The van der Waals surface area contributed by atoms with Gasteiger partial charge in [-0.1, -0.05) is 23.8 Å². The zero-order chi connectivity index (χ0) is 17.9. The number of amides is 1. The number of sulfone groups is 1. The van der Waals surface area contributed by atoms with Crippen LogP contribution in [0, 0.1) is 13.8 Å². The van der Waals surface area contributed by atoms with E-state index in [9.17, 15) is 13.2 Å². The van der Waals surface area contributed by atoms with Crippen LogP contribution in [0.2, 0.25) is 0 Å². The topological polar surface area (TPSA) is 57.7 Å². The van der Waals surface area contributed by atoms with Crippen LogP contribution in [-0.2, 0) is 21.2 Å². The van der Waals surface area contributed by atoms with E-state index in [0.29, 0.717) is 26.1 Å². The van der Waals surface area contributed by atoms with Crippen LogP contribution in [0.4, 0.5) is 0 Å². The van der Waals surface area contributed by atoms with Gasteiger partial charge in [-0.25, -0.2) is 8.42 Å². The lowest BCUT2D eigenvalue weighted by molar-refractivity contribution is -0.133. The third-order valence-electron chi connectivity index (χ3n) is 4.65. The van der Waals surface area contributed by atoms with Crippen LogP contribution in [0.15, 0.2) is 18.2 Å². The van der Waals surface area contributed by atoms with E-state index in [0.717, 1.165) is 0 Å². The highest BCUT2D eigenvalue weighted by atomic mass is 32.2. The van der Waals surface area contributed by atoms with Gasteiger partial charge in [-0.15, -0.1) is 0 Å². The van der Waals surface area contributed by atoms with Gasteiger partial charge in [0.2, 0.25) is 5.91 Å². The second-order valence-electron chi connectivity index (χ2n) is 6.84. The van der Waals surface area contributed by atoms with E-state index >= 15 is 0 Å². The molecule has 0 bridgehead atoms. The molecule has 1 saturated heterocycles. The minimum absolute atomic E-state index is 0.00636. The van der Waals surface area contributed by atoms with Gasteiger partial charge in [0.15, 0.2) is 9.84 Å². The molecular weight excluding hydrogens is 324 g/mol. The lowest BCUT2D eigenvalue weighted by atomic mass is 10.1. The predicted octanol–water partition coefficient (Wildman–Crippen LogP) is 1.77. The number of likely N-dealkylation sites (N-methyl/N-ethyl adjacent to an activating group) is 2. The van der Waals surface area contributed by atoms with Crippen LogP contribution < -0.4 is 0 Å². The second-order valence-corrected chi connectivity index (χ2v) is 9.07. The molecule has 1 atom stereocenters. The molecule has 5 nitrogen and oxygen atoms in total. The average Bonchev–Trinajstić information content (AvgIpc) is 2.82.